The Hall–Kier alpha value is -3.76. The molecule has 3 rings (SSSR count). The molecule has 1 aromatic carbocycles. The zero-order valence-electron chi connectivity index (χ0n) is 17.1. The van der Waals surface area contributed by atoms with Crippen molar-refractivity contribution in [1.29, 1.82) is 15.8 Å². The van der Waals surface area contributed by atoms with Gasteiger partial charge in [-0.3, -0.25) is 0 Å². The molecule has 0 aromatic heterocycles. The number of fused-ring (bicyclic) bond motifs is 1. The van der Waals surface area contributed by atoms with Crippen LogP contribution in [0.2, 0.25) is 0 Å². The third kappa shape index (κ3) is 3.17. The van der Waals surface area contributed by atoms with Crippen LogP contribution in [-0.4, -0.2) is 30.7 Å². The largest absolute Gasteiger partial charge is 0.450 e. The maximum absolute atomic E-state index is 12.4. The predicted molar refractivity (Wildman–Crippen MR) is 109 cm³/mol. The first-order valence-corrected chi connectivity index (χ1v) is 9.91. The van der Waals surface area contributed by atoms with E-state index in [1.807, 2.05) is 31.2 Å². The SMILES string of the molecule is CCOC(=O)N1CC=C2C(C#N)=C(N)C(C#N)(C#N)[C@@H](c3ccc(CC)cc3)[C@H]2C1. The second kappa shape index (κ2) is 8.31. The number of nitrogens with two attached hydrogens (primary N) is 1. The van der Waals surface area contributed by atoms with Crippen LogP contribution in [0.4, 0.5) is 4.79 Å². The Morgan fingerprint density at radius 2 is 1.90 bits per heavy atom. The highest BCUT2D eigenvalue weighted by molar-refractivity contribution is 5.69. The van der Waals surface area contributed by atoms with Crippen molar-refractivity contribution >= 4 is 6.09 Å². The number of hydrogen-bond donors (Lipinski definition) is 1. The smallest absolute Gasteiger partial charge is 0.410 e. The average molecular weight is 401 g/mol. The lowest BCUT2D eigenvalue weighted by Crippen LogP contribution is -2.49. The Balaban J connectivity index is 2.21. The molecule has 2 atom stereocenters. The highest BCUT2D eigenvalue weighted by atomic mass is 16.6. The summed E-state index contributed by atoms with van der Waals surface area (Å²) in [5, 5.41) is 29.9. The van der Waals surface area contributed by atoms with Gasteiger partial charge in [-0.05, 0) is 30.0 Å². The van der Waals surface area contributed by atoms with Gasteiger partial charge >= 0.3 is 6.09 Å². The molecule has 2 N–H and O–H groups in total. The summed E-state index contributed by atoms with van der Waals surface area (Å²) >= 11 is 0. The molecular weight excluding hydrogens is 378 g/mol. The molecule has 0 saturated heterocycles. The molecule has 1 aromatic rings. The van der Waals surface area contributed by atoms with Crippen molar-refractivity contribution in [2.75, 3.05) is 19.7 Å². The van der Waals surface area contributed by atoms with Crippen LogP contribution in [0.25, 0.3) is 0 Å². The summed E-state index contributed by atoms with van der Waals surface area (Å²) in [6.07, 6.45) is 2.18. The summed E-state index contributed by atoms with van der Waals surface area (Å²) < 4.78 is 5.14. The molecule has 1 amide bonds. The van der Waals surface area contributed by atoms with E-state index >= 15 is 0 Å². The summed E-state index contributed by atoms with van der Waals surface area (Å²) in [4.78, 5) is 13.9. The second-order valence-electron chi connectivity index (χ2n) is 7.37. The molecule has 1 heterocycles. The minimum Gasteiger partial charge on any atom is -0.450 e. The minimum atomic E-state index is -1.71. The van der Waals surface area contributed by atoms with E-state index in [2.05, 4.69) is 18.2 Å². The number of aryl methyl sites for hydroxylation is 1. The van der Waals surface area contributed by atoms with Gasteiger partial charge < -0.3 is 15.4 Å². The van der Waals surface area contributed by atoms with E-state index in [1.54, 1.807) is 13.0 Å². The topological polar surface area (TPSA) is 127 Å². The van der Waals surface area contributed by atoms with E-state index in [1.165, 1.54) is 4.90 Å². The summed E-state index contributed by atoms with van der Waals surface area (Å²) in [5.41, 5.74) is 7.30. The maximum Gasteiger partial charge on any atom is 0.410 e. The van der Waals surface area contributed by atoms with Crippen molar-refractivity contribution in [3.05, 3.63) is 58.3 Å². The number of hydrogen-bond acceptors (Lipinski definition) is 6. The highest BCUT2D eigenvalue weighted by Gasteiger charge is 2.54. The van der Waals surface area contributed by atoms with Gasteiger partial charge in [-0.15, -0.1) is 0 Å². The number of carbonyl (C=O) groups is 1. The molecule has 7 nitrogen and oxygen atoms in total. The van der Waals surface area contributed by atoms with Crippen LogP contribution < -0.4 is 5.73 Å². The summed E-state index contributed by atoms with van der Waals surface area (Å²) in [6, 6.07) is 14.0. The molecular formula is C23H23N5O2. The van der Waals surface area contributed by atoms with Crippen molar-refractivity contribution in [1.82, 2.24) is 4.90 Å². The average Bonchev–Trinajstić information content (AvgIpc) is 2.78. The Morgan fingerprint density at radius 1 is 1.23 bits per heavy atom. The van der Waals surface area contributed by atoms with Crippen LogP contribution in [0.1, 0.15) is 30.9 Å². The monoisotopic (exact) mass is 401 g/mol. The molecule has 152 valence electrons. The van der Waals surface area contributed by atoms with Crippen LogP contribution in [0.15, 0.2) is 47.2 Å². The molecule has 7 heteroatoms. The third-order valence-corrected chi connectivity index (χ3v) is 5.94. The molecule has 0 spiro atoms. The van der Waals surface area contributed by atoms with Gasteiger partial charge in [0.2, 0.25) is 0 Å². The number of benzene rings is 1. The van der Waals surface area contributed by atoms with Crippen molar-refractivity contribution in [3.8, 4) is 18.2 Å². The zero-order valence-corrected chi connectivity index (χ0v) is 17.1. The number of nitriles is 3. The fourth-order valence-corrected chi connectivity index (χ4v) is 4.38. The van der Waals surface area contributed by atoms with E-state index in [9.17, 15) is 20.6 Å². The van der Waals surface area contributed by atoms with Crippen LogP contribution in [0, 0.1) is 45.3 Å². The van der Waals surface area contributed by atoms with E-state index in [0.717, 1.165) is 17.5 Å². The number of rotatable bonds is 3. The first-order valence-electron chi connectivity index (χ1n) is 9.91. The summed E-state index contributed by atoms with van der Waals surface area (Å²) in [5.74, 6) is -1.06. The number of carbonyl (C=O) groups excluding carboxylic acids is 1. The summed E-state index contributed by atoms with van der Waals surface area (Å²) in [6.45, 7) is 4.53. The lowest BCUT2D eigenvalue weighted by atomic mass is 9.58. The quantitative estimate of drug-likeness (QED) is 0.829. The zero-order chi connectivity index (χ0) is 21.9. The molecule has 0 saturated carbocycles. The molecule has 1 aliphatic carbocycles. The van der Waals surface area contributed by atoms with Crippen LogP contribution in [-0.2, 0) is 11.2 Å². The molecule has 1 aliphatic heterocycles. The fourth-order valence-electron chi connectivity index (χ4n) is 4.38. The Morgan fingerprint density at radius 3 is 2.43 bits per heavy atom. The van der Waals surface area contributed by atoms with Crippen molar-refractivity contribution in [3.63, 3.8) is 0 Å². The Kier molecular flexibility index (Phi) is 5.81. The van der Waals surface area contributed by atoms with Gasteiger partial charge in [0.15, 0.2) is 5.41 Å². The summed E-state index contributed by atoms with van der Waals surface area (Å²) in [7, 11) is 0. The molecule has 30 heavy (non-hydrogen) atoms. The molecule has 0 unspecified atom stereocenters. The van der Waals surface area contributed by atoms with Gasteiger partial charge in [0.05, 0.1) is 30.0 Å². The van der Waals surface area contributed by atoms with E-state index in [4.69, 9.17) is 10.5 Å². The van der Waals surface area contributed by atoms with Crippen molar-refractivity contribution in [2.45, 2.75) is 26.2 Å². The lowest BCUT2D eigenvalue weighted by Gasteiger charge is -2.45. The molecule has 2 aliphatic rings. The lowest BCUT2D eigenvalue weighted by molar-refractivity contribution is 0.0999. The van der Waals surface area contributed by atoms with E-state index in [-0.39, 0.29) is 31.0 Å². The van der Waals surface area contributed by atoms with Crippen molar-refractivity contribution < 1.29 is 9.53 Å². The van der Waals surface area contributed by atoms with E-state index in [0.29, 0.717) is 5.57 Å². The first kappa shape index (κ1) is 21.0. The first-order chi connectivity index (χ1) is 14.5. The van der Waals surface area contributed by atoms with Crippen molar-refractivity contribution in [2.24, 2.45) is 17.1 Å². The Bertz CT molecular complexity index is 1020. The maximum atomic E-state index is 12.4. The highest BCUT2D eigenvalue weighted by Crippen LogP contribution is 2.54. The molecule has 0 radical (unpaired) electrons. The third-order valence-electron chi connectivity index (χ3n) is 5.94. The number of nitrogens with zero attached hydrogens (tertiary/aromatic N) is 4. The van der Waals surface area contributed by atoms with Gasteiger partial charge in [-0.1, -0.05) is 37.3 Å². The standard InChI is InChI=1S/C23H23N5O2/c1-3-15-5-7-16(8-6-15)20-19-12-28(22(29)30-4-2)10-9-17(19)18(11-24)21(27)23(20,13-25)14-26/h5-9,19-20H,3-4,10,12,27H2,1-2H3/t19-,20-/m0/s1. The normalized spacial score (nSPS) is 22.1. The number of allylic oxidation sites excluding steroid dienone is 2. The molecule has 0 fully saturated rings. The minimum absolute atomic E-state index is 0.0216. The number of ether oxygens (including phenoxy) is 1. The van der Waals surface area contributed by atoms with Gasteiger partial charge in [0.25, 0.3) is 0 Å². The van der Waals surface area contributed by atoms with Gasteiger partial charge in [0, 0.05) is 24.9 Å². The van der Waals surface area contributed by atoms with Gasteiger partial charge in [0.1, 0.15) is 6.07 Å². The van der Waals surface area contributed by atoms with Crippen LogP contribution >= 0.6 is 0 Å². The Labute approximate surface area is 176 Å². The predicted octanol–water partition coefficient (Wildman–Crippen LogP) is 3.13. The van der Waals surface area contributed by atoms with Crippen LogP contribution in [0.5, 0.6) is 0 Å². The van der Waals surface area contributed by atoms with E-state index < -0.39 is 23.3 Å². The second-order valence-corrected chi connectivity index (χ2v) is 7.37. The van der Waals surface area contributed by atoms with Gasteiger partial charge in [-0.2, -0.15) is 15.8 Å². The fraction of sp³-hybridized carbons (Fsp3) is 0.391. The van der Waals surface area contributed by atoms with Gasteiger partial charge in [-0.25, -0.2) is 4.79 Å². The number of amides is 1. The molecule has 0 bridgehead atoms. The van der Waals surface area contributed by atoms with Crippen LogP contribution in [0.3, 0.4) is 0 Å².